The van der Waals surface area contributed by atoms with Crippen LogP contribution in [0.15, 0.2) is 18.2 Å². The lowest BCUT2D eigenvalue weighted by molar-refractivity contribution is 0.571. The summed E-state index contributed by atoms with van der Waals surface area (Å²) < 4.78 is 25.7. The van der Waals surface area contributed by atoms with E-state index in [1.807, 2.05) is 13.8 Å². The van der Waals surface area contributed by atoms with Gasteiger partial charge in [-0.1, -0.05) is 13.8 Å². The van der Waals surface area contributed by atoms with E-state index < -0.39 is 11.6 Å². The number of halogens is 3. The minimum atomic E-state index is -0.549. The Balaban J connectivity index is 2.94. The fourth-order valence-electron chi connectivity index (χ4n) is 1.40. The van der Waals surface area contributed by atoms with Crippen LogP contribution in [0.4, 0.5) is 8.78 Å². The van der Waals surface area contributed by atoms with Gasteiger partial charge in [-0.3, -0.25) is 0 Å². The van der Waals surface area contributed by atoms with Crippen LogP contribution in [0.25, 0.3) is 0 Å². The molecule has 14 heavy (non-hydrogen) atoms. The number of alkyl halides is 1. The van der Waals surface area contributed by atoms with Crippen LogP contribution in [0.3, 0.4) is 0 Å². The average molecular weight is 219 g/mol. The summed E-state index contributed by atoms with van der Waals surface area (Å²) in [7, 11) is 0. The van der Waals surface area contributed by atoms with Gasteiger partial charge in [0.05, 0.1) is 0 Å². The predicted octanol–water partition coefficient (Wildman–Crippen LogP) is 4.09. The first kappa shape index (κ1) is 11.4. The van der Waals surface area contributed by atoms with E-state index in [-0.39, 0.29) is 11.3 Å². The first-order valence-electron chi connectivity index (χ1n) is 4.64. The molecule has 1 rings (SSSR count). The summed E-state index contributed by atoms with van der Waals surface area (Å²) in [6, 6.07) is 3.53. The quantitative estimate of drug-likeness (QED) is 0.671. The molecule has 0 saturated heterocycles. The lowest BCUT2D eigenvalue weighted by Gasteiger charge is -2.16. The molecule has 0 heterocycles. The van der Waals surface area contributed by atoms with Crippen molar-refractivity contribution in [1.82, 2.24) is 0 Å². The minimum absolute atomic E-state index is 0.0353. The van der Waals surface area contributed by atoms with Gasteiger partial charge in [0.1, 0.15) is 11.6 Å². The molecule has 3 heteroatoms. The topological polar surface area (TPSA) is 0 Å². The SMILES string of the molecule is CCC(Cl)C(C)c1cc(F)cc(F)c1. The average Bonchev–Trinajstić information content (AvgIpc) is 2.14. The van der Waals surface area contributed by atoms with Crippen molar-refractivity contribution in [2.24, 2.45) is 0 Å². The van der Waals surface area contributed by atoms with Crippen molar-refractivity contribution in [3.05, 3.63) is 35.4 Å². The third-order valence-electron chi connectivity index (χ3n) is 2.34. The molecular formula is C11H13ClF2. The van der Waals surface area contributed by atoms with Crippen molar-refractivity contribution in [3.63, 3.8) is 0 Å². The van der Waals surface area contributed by atoms with E-state index in [1.165, 1.54) is 12.1 Å². The maximum absolute atomic E-state index is 12.9. The molecule has 0 bridgehead atoms. The Kier molecular flexibility index (Phi) is 3.87. The van der Waals surface area contributed by atoms with Gasteiger partial charge in [-0.25, -0.2) is 8.78 Å². The molecule has 78 valence electrons. The molecule has 2 atom stereocenters. The number of benzene rings is 1. The van der Waals surface area contributed by atoms with Crippen molar-refractivity contribution in [2.75, 3.05) is 0 Å². The van der Waals surface area contributed by atoms with Crippen LogP contribution in [-0.4, -0.2) is 5.38 Å². The Bertz CT molecular complexity index is 292. The summed E-state index contributed by atoms with van der Waals surface area (Å²) in [5.41, 5.74) is 0.615. The van der Waals surface area contributed by atoms with Crippen molar-refractivity contribution < 1.29 is 8.78 Å². The number of hydrogen-bond acceptors (Lipinski definition) is 0. The third kappa shape index (κ3) is 2.68. The highest BCUT2D eigenvalue weighted by Gasteiger charge is 2.15. The summed E-state index contributed by atoms with van der Waals surface area (Å²) in [6.45, 7) is 3.82. The molecule has 0 aromatic heterocycles. The zero-order valence-electron chi connectivity index (χ0n) is 8.23. The molecule has 2 unspecified atom stereocenters. The molecule has 0 aliphatic carbocycles. The highest BCUT2D eigenvalue weighted by Crippen LogP contribution is 2.26. The van der Waals surface area contributed by atoms with Gasteiger partial charge in [-0.15, -0.1) is 11.6 Å². The smallest absolute Gasteiger partial charge is 0.126 e. The predicted molar refractivity (Wildman–Crippen MR) is 54.7 cm³/mol. The van der Waals surface area contributed by atoms with E-state index in [1.54, 1.807) is 0 Å². The molecule has 0 amide bonds. The fourth-order valence-corrected chi connectivity index (χ4v) is 1.55. The zero-order valence-corrected chi connectivity index (χ0v) is 8.98. The second kappa shape index (κ2) is 4.74. The second-order valence-electron chi connectivity index (χ2n) is 3.42. The van der Waals surface area contributed by atoms with Crippen LogP contribution in [0.1, 0.15) is 31.7 Å². The Hall–Kier alpha value is -0.630. The monoisotopic (exact) mass is 218 g/mol. The van der Waals surface area contributed by atoms with Crippen LogP contribution >= 0.6 is 11.6 Å². The Labute approximate surface area is 87.9 Å². The van der Waals surface area contributed by atoms with Crippen LogP contribution in [0.5, 0.6) is 0 Å². The first-order valence-corrected chi connectivity index (χ1v) is 5.08. The Morgan fingerprint density at radius 1 is 1.21 bits per heavy atom. The number of rotatable bonds is 3. The van der Waals surface area contributed by atoms with Gasteiger partial charge in [0, 0.05) is 11.4 Å². The zero-order chi connectivity index (χ0) is 10.7. The van der Waals surface area contributed by atoms with Gasteiger partial charge in [0.15, 0.2) is 0 Å². The van der Waals surface area contributed by atoms with Gasteiger partial charge < -0.3 is 0 Å². The fraction of sp³-hybridized carbons (Fsp3) is 0.455. The number of hydrogen-bond donors (Lipinski definition) is 0. The maximum atomic E-state index is 12.9. The first-order chi connectivity index (χ1) is 6.54. The molecule has 0 nitrogen and oxygen atoms in total. The molecule has 0 radical (unpaired) electrons. The van der Waals surface area contributed by atoms with E-state index in [9.17, 15) is 8.78 Å². The summed E-state index contributed by atoms with van der Waals surface area (Å²) in [6.07, 6.45) is 0.779. The van der Waals surface area contributed by atoms with Crippen LogP contribution < -0.4 is 0 Å². The van der Waals surface area contributed by atoms with E-state index in [0.717, 1.165) is 12.5 Å². The molecule has 0 saturated carbocycles. The third-order valence-corrected chi connectivity index (χ3v) is 3.03. The molecule has 0 aliphatic rings. The van der Waals surface area contributed by atoms with Crippen molar-refractivity contribution in [1.29, 1.82) is 0 Å². The Morgan fingerprint density at radius 3 is 2.14 bits per heavy atom. The summed E-state index contributed by atoms with van der Waals surface area (Å²) in [5.74, 6) is -1.13. The normalized spacial score (nSPS) is 15.2. The van der Waals surface area contributed by atoms with Crippen molar-refractivity contribution in [3.8, 4) is 0 Å². The van der Waals surface area contributed by atoms with Gasteiger partial charge >= 0.3 is 0 Å². The summed E-state index contributed by atoms with van der Waals surface area (Å²) in [5, 5.41) is -0.0869. The van der Waals surface area contributed by atoms with Gasteiger partial charge in [-0.2, -0.15) is 0 Å². The van der Waals surface area contributed by atoms with Crippen LogP contribution in [0.2, 0.25) is 0 Å². The summed E-state index contributed by atoms with van der Waals surface area (Å²) >= 11 is 6.01. The highest BCUT2D eigenvalue weighted by molar-refractivity contribution is 6.21. The second-order valence-corrected chi connectivity index (χ2v) is 3.98. The van der Waals surface area contributed by atoms with E-state index in [2.05, 4.69) is 0 Å². The molecule has 0 spiro atoms. The standard InChI is InChI=1S/C11H13ClF2/c1-3-11(12)7(2)8-4-9(13)6-10(14)5-8/h4-7,11H,3H2,1-2H3. The van der Waals surface area contributed by atoms with Crippen LogP contribution in [0, 0.1) is 11.6 Å². The molecule has 1 aromatic rings. The highest BCUT2D eigenvalue weighted by atomic mass is 35.5. The summed E-state index contributed by atoms with van der Waals surface area (Å²) in [4.78, 5) is 0. The largest absolute Gasteiger partial charge is 0.207 e. The van der Waals surface area contributed by atoms with Gasteiger partial charge in [-0.05, 0) is 30.0 Å². The van der Waals surface area contributed by atoms with Gasteiger partial charge in [0.2, 0.25) is 0 Å². The molecule has 1 aromatic carbocycles. The van der Waals surface area contributed by atoms with Crippen molar-refractivity contribution >= 4 is 11.6 Å². The molecule has 0 N–H and O–H groups in total. The lowest BCUT2D eigenvalue weighted by atomic mass is 9.96. The van der Waals surface area contributed by atoms with E-state index >= 15 is 0 Å². The van der Waals surface area contributed by atoms with Crippen LogP contribution in [-0.2, 0) is 0 Å². The lowest BCUT2D eigenvalue weighted by Crippen LogP contribution is -2.08. The minimum Gasteiger partial charge on any atom is -0.207 e. The van der Waals surface area contributed by atoms with E-state index in [4.69, 9.17) is 11.6 Å². The molecule has 0 aliphatic heterocycles. The van der Waals surface area contributed by atoms with E-state index in [0.29, 0.717) is 5.56 Å². The van der Waals surface area contributed by atoms with Gasteiger partial charge in [0.25, 0.3) is 0 Å². The maximum Gasteiger partial charge on any atom is 0.126 e. The Morgan fingerprint density at radius 2 is 1.71 bits per heavy atom. The molecular weight excluding hydrogens is 206 g/mol. The molecule has 0 fully saturated rings. The van der Waals surface area contributed by atoms with Crippen molar-refractivity contribution in [2.45, 2.75) is 31.6 Å².